The second-order valence-corrected chi connectivity index (χ2v) is 8.09. The molecule has 0 radical (unpaired) electrons. The minimum Gasteiger partial charge on any atom is -0.364 e. The van der Waals surface area contributed by atoms with Gasteiger partial charge in [0.25, 0.3) is 5.91 Å². The molecule has 3 nitrogen and oxygen atoms in total. The normalized spacial score (nSPS) is 43.3. The Morgan fingerprint density at radius 3 is 2.81 bits per heavy atom. The number of benzene rings is 1. The molecule has 3 aliphatic rings. The monoisotopic (exact) mass is 349 g/mol. The van der Waals surface area contributed by atoms with Gasteiger partial charge in [-0.3, -0.25) is 4.79 Å². The van der Waals surface area contributed by atoms with E-state index in [1.54, 1.807) is 0 Å². The zero-order valence-electron chi connectivity index (χ0n) is 12.4. The fourth-order valence-electron chi connectivity index (χ4n) is 5.04. The summed E-state index contributed by atoms with van der Waals surface area (Å²) in [5.74, 6) is 0.657. The van der Waals surface area contributed by atoms with Gasteiger partial charge in [0.15, 0.2) is 5.60 Å². The van der Waals surface area contributed by atoms with Gasteiger partial charge in [0.1, 0.15) is 0 Å². The predicted octanol–water partition coefficient (Wildman–Crippen LogP) is 3.98. The lowest BCUT2D eigenvalue weighted by molar-refractivity contribution is -0.149. The maximum absolute atomic E-state index is 13.0. The predicted molar refractivity (Wildman–Crippen MR) is 85.0 cm³/mol. The van der Waals surface area contributed by atoms with Crippen LogP contribution in [0.4, 0.5) is 5.69 Å². The van der Waals surface area contributed by atoms with E-state index in [-0.39, 0.29) is 16.7 Å². The highest BCUT2D eigenvalue weighted by Crippen LogP contribution is 2.75. The lowest BCUT2D eigenvalue weighted by atomic mass is 9.66. The van der Waals surface area contributed by atoms with E-state index in [0.29, 0.717) is 5.92 Å². The van der Waals surface area contributed by atoms with Gasteiger partial charge in [-0.2, -0.15) is 0 Å². The molecule has 1 amide bonds. The molecule has 0 aromatic heterocycles. The van der Waals surface area contributed by atoms with Crippen molar-refractivity contribution < 1.29 is 9.53 Å². The van der Waals surface area contributed by atoms with Gasteiger partial charge in [-0.25, -0.2) is 0 Å². The van der Waals surface area contributed by atoms with Crippen LogP contribution in [0.3, 0.4) is 0 Å². The molecule has 1 saturated heterocycles. The van der Waals surface area contributed by atoms with Gasteiger partial charge in [0, 0.05) is 15.3 Å². The van der Waals surface area contributed by atoms with Crippen molar-refractivity contribution in [2.24, 2.45) is 16.7 Å². The van der Waals surface area contributed by atoms with Crippen molar-refractivity contribution in [1.82, 2.24) is 0 Å². The number of carbonyl (C=O) groups is 1. The van der Waals surface area contributed by atoms with Crippen LogP contribution >= 0.6 is 15.9 Å². The van der Waals surface area contributed by atoms with Crippen LogP contribution in [-0.2, 0) is 9.53 Å². The third-order valence-electron chi connectivity index (χ3n) is 6.69. The maximum Gasteiger partial charge on any atom is 0.257 e. The molecule has 3 fully saturated rings. The Hall–Kier alpha value is -0.870. The molecule has 2 saturated carbocycles. The zero-order valence-corrected chi connectivity index (χ0v) is 14.0. The van der Waals surface area contributed by atoms with Gasteiger partial charge in [0.2, 0.25) is 0 Å². The highest BCUT2D eigenvalue weighted by molar-refractivity contribution is 9.10. The molecule has 1 aromatic carbocycles. The summed E-state index contributed by atoms with van der Waals surface area (Å²) in [5.41, 5.74) is 0.314. The Morgan fingerprint density at radius 2 is 2.14 bits per heavy atom. The lowest BCUT2D eigenvalue weighted by Gasteiger charge is -2.40. The summed E-state index contributed by atoms with van der Waals surface area (Å²) in [6.07, 6.45) is 3.20. The van der Waals surface area contributed by atoms with Crippen LogP contribution in [0.1, 0.15) is 33.1 Å². The average Bonchev–Trinajstić information content (AvgIpc) is 2.93. The Balaban J connectivity index is 1.68. The third kappa shape index (κ3) is 1.45. The Kier molecular flexibility index (Phi) is 2.69. The van der Waals surface area contributed by atoms with Crippen LogP contribution in [0.15, 0.2) is 28.7 Å². The van der Waals surface area contributed by atoms with Crippen LogP contribution in [0.25, 0.3) is 0 Å². The summed E-state index contributed by atoms with van der Waals surface area (Å²) in [7, 11) is 0. The average molecular weight is 350 g/mol. The minimum absolute atomic E-state index is 0.0304. The van der Waals surface area contributed by atoms with E-state index in [2.05, 4.69) is 35.1 Å². The van der Waals surface area contributed by atoms with Crippen molar-refractivity contribution in [3.63, 3.8) is 0 Å². The van der Waals surface area contributed by atoms with Crippen molar-refractivity contribution in [3.8, 4) is 0 Å². The molecule has 1 heterocycles. The van der Waals surface area contributed by atoms with Crippen molar-refractivity contribution in [2.45, 2.75) is 38.7 Å². The van der Waals surface area contributed by atoms with Gasteiger partial charge in [-0.1, -0.05) is 26.0 Å². The van der Waals surface area contributed by atoms with Crippen LogP contribution in [0, 0.1) is 16.7 Å². The molecule has 1 aromatic rings. The van der Waals surface area contributed by atoms with E-state index < -0.39 is 5.60 Å². The molecule has 1 N–H and O–H groups in total. The van der Waals surface area contributed by atoms with Crippen molar-refractivity contribution >= 4 is 27.5 Å². The summed E-state index contributed by atoms with van der Waals surface area (Å²) in [6, 6.07) is 7.73. The van der Waals surface area contributed by atoms with E-state index in [1.165, 1.54) is 6.42 Å². The van der Waals surface area contributed by atoms with Crippen molar-refractivity contribution in [2.75, 3.05) is 11.9 Å². The lowest BCUT2D eigenvalue weighted by Crippen LogP contribution is -2.52. The second-order valence-electron chi connectivity index (χ2n) is 7.24. The molecule has 4 heteroatoms. The minimum atomic E-state index is -0.639. The second kappa shape index (κ2) is 4.11. The molecule has 2 aliphatic carbocycles. The van der Waals surface area contributed by atoms with Crippen molar-refractivity contribution in [3.05, 3.63) is 28.7 Å². The van der Waals surface area contributed by atoms with Crippen LogP contribution < -0.4 is 5.32 Å². The molecule has 1 aliphatic heterocycles. The SMILES string of the molecule is C[C@]12CC[C@H]3C[C@@]1(C(=O)Nc1ccccc1Br)OC[C@@]32C. The number of anilines is 1. The molecule has 21 heavy (non-hydrogen) atoms. The topological polar surface area (TPSA) is 38.3 Å². The summed E-state index contributed by atoms with van der Waals surface area (Å²) in [4.78, 5) is 13.0. The molecule has 4 atom stereocenters. The Morgan fingerprint density at radius 1 is 1.38 bits per heavy atom. The van der Waals surface area contributed by atoms with Gasteiger partial charge >= 0.3 is 0 Å². The number of hydrogen-bond donors (Lipinski definition) is 1. The first-order valence-electron chi connectivity index (χ1n) is 7.63. The summed E-state index contributed by atoms with van der Waals surface area (Å²) in [5, 5.41) is 3.09. The quantitative estimate of drug-likeness (QED) is 0.876. The van der Waals surface area contributed by atoms with Gasteiger partial charge in [0.05, 0.1) is 12.3 Å². The highest BCUT2D eigenvalue weighted by Gasteiger charge is 2.78. The highest BCUT2D eigenvalue weighted by atomic mass is 79.9. The first-order valence-corrected chi connectivity index (χ1v) is 8.42. The standard InChI is InChI=1S/C17H20BrNO2/c1-15-10-21-17(9-11(15)7-8-16(15,17)2)14(20)19-13-6-4-3-5-12(13)18/h3-6,11H,7-10H2,1-2H3,(H,19,20)/t11-,15-,16+,17-/m0/s1. The molecule has 112 valence electrons. The molecular weight excluding hydrogens is 330 g/mol. The number of carbonyl (C=O) groups excluding carboxylic acids is 1. The van der Waals surface area contributed by atoms with Gasteiger partial charge in [-0.05, 0) is 53.2 Å². The summed E-state index contributed by atoms with van der Waals surface area (Å²) in [6.45, 7) is 5.29. The first kappa shape index (κ1) is 13.8. The van der Waals surface area contributed by atoms with Crippen LogP contribution in [0.5, 0.6) is 0 Å². The molecule has 4 bridgehead atoms. The van der Waals surface area contributed by atoms with E-state index in [9.17, 15) is 4.79 Å². The summed E-state index contributed by atoms with van der Waals surface area (Å²) < 4.78 is 7.03. The molecular formula is C17H20BrNO2. The first-order chi connectivity index (χ1) is 9.93. The number of para-hydroxylation sites is 1. The van der Waals surface area contributed by atoms with E-state index in [0.717, 1.165) is 29.6 Å². The van der Waals surface area contributed by atoms with Crippen LogP contribution in [-0.4, -0.2) is 18.1 Å². The largest absolute Gasteiger partial charge is 0.364 e. The summed E-state index contributed by atoms with van der Waals surface area (Å²) >= 11 is 3.49. The zero-order chi connectivity index (χ0) is 14.9. The van der Waals surface area contributed by atoms with Crippen LogP contribution in [0.2, 0.25) is 0 Å². The number of halogens is 1. The Labute approximate surface area is 133 Å². The van der Waals surface area contributed by atoms with Crippen molar-refractivity contribution in [1.29, 1.82) is 0 Å². The molecule has 4 rings (SSSR count). The number of nitrogens with one attached hydrogen (secondary N) is 1. The fraction of sp³-hybridized carbons (Fsp3) is 0.588. The van der Waals surface area contributed by atoms with Gasteiger partial charge < -0.3 is 10.1 Å². The number of ether oxygens (including phenoxy) is 1. The number of amides is 1. The van der Waals surface area contributed by atoms with E-state index in [4.69, 9.17) is 4.74 Å². The molecule has 0 spiro atoms. The number of hydrogen-bond acceptors (Lipinski definition) is 2. The number of rotatable bonds is 2. The van der Waals surface area contributed by atoms with E-state index in [1.807, 2.05) is 24.3 Å². The third-order valence-corrected chi connectivity index (χ3v) is 7.38. The Bertz CT molecular complexity index is 633. The van der Waals surface area contributed by atoms with E-state index >= 15 is 0 Å². The molecule has 0 unspecified atom stereocenters. The maximum atomic E-state index is 13.0. The smallest absolute Gasteiger partial charge is 0.257 e. The fourth-order valence-corrected chi connectivity index (χ4v) is 5.43. The van der Waals surface area contributed by atoms with Gasteiger partial charge in [-0.15, -0.1) is 0 Å².